The molecule has 0 radical (unpaired) electrons. The van der Waals surface area contributed by atoms with Crippen LogP contribution < -0.4 is 0 Å². The summed E-state index contributed by atoms with van der Waals surface area (Å²) in [5.41, 5.74) is 0.217. The summed E-state index contributed by atoms with van der Waals surface area (Å²) in [6, 6.07) is 8.56. The van der Waals surface area contributed by atoms with Crippen molar-refractivity contribution in [1.29, 1.82) is 0 Å². The van der Waals surface area contributed by atoms with Gasteiger partial charge in [-0.25, -0.2) is 13.2 Å². The highest BCUT2D eigenvalue weighted by atomic mass is 32.2. The van der Waals surface area contributed by atoms with E-state index in [2.05, 4.69) is 4.90 Å². The second-order valence-corrected chi connectivity index (χ2v) is 9.35. The predicted octanol–water partition coefficient (Wildman–Crippen LogP) is 1.69. The molecule has 5 rings (SSSR count). The Hall–Kier alpha value is -1.66. The summed E-state index contributed by atoms with van der Waals surface area (Å²) in [5, 5.41) is -0.534. The first-order valence-corrected chi connectivity index (χ1v) is 10.1. The van der Waals surface area contributed by atoms with E-state index in [0.717, 1.165) is 31.4 Å². The van der Waals surface area contributed by atoms with E-state index in [9.17, 15) is 13.2 Å². The molecule has 24 heavy (non-hydrogen) atoms. The van der Waals surface area contributed by atoms with Crippen molar-refractivity contribution in [3.63, 3.8) is 0 Å². The second kappa shape index (κ2) is 4.70. The van der Waals surface area contributed by atoms with Gasteiger partial charge < -0.3 is 4.74 Å². The third-order valence-corrected chi connectivity index (χ3v) is 8.29. The molecular weight excluding hydrogens is 326 g/mol. The standard InChI is InChI=1S/C18H19NO4S/c20-16-11-12-10-14(24(21,22)13-6-2-1-3-7-13)17-18(12,23-16)15-8-4-5-9-19(15)17/h1-3,6-7,11,14-15,17H,4-5,8-10H2/t14?,15-,17?,18+/m1/s1. The van der Waals surface area contributed by atoms with E-state index in [4.69, 9.17) is 4.74 Å². The third kappa shape index (κ3) is 1.63. The van der Waals surface area contributed by atoms with E-state index >= 15 is 0 Å². The van der Waals surface area contributed by atoms with Crippen molar-refractivity contribution in [3.8, 4) is 0 Å². The molecule has 1 aromatic rings. The Morgan fingerprint density at radius 1 is 1.17 bits per heavy atom. The van der Waals surface area contributed by atoms with Gasteiger partial charge in [0.1, 0.15) is 0 Å². The minimum absolute atomic E-state index is 0.157. The molecule has 3 heterocycles. The Labute approximate surface area is 141 Å². The van der Waals surface area contributed by atoms with Crippen LogP contribution in [0.25, 0.3) is 0 Å². The molecule has 0 N–H and O–H groups in total. The molecule has 0 aromatic heterocycles. The molecule has 0 bridgehead atoms. The molecule has 1 aromatic carbocycles. The molecule has 1 aliphatic carbocycles. The van der Waals surface area contributed by atoms with Crippen molar-refractivity contribution in [2.24, 2.45) is 0 Å². The lowest BCUT2D eigenvalue weighted by molar-refractivity contribution is -0.201. The Kier molecular flexibility index (Phi) is 2.87. The first-order valence-electron chi connectivity index (χ1n) is 8.54. The SMILES string of the molecule is O=C1C=C2CC(S(=O)(=O)c3ccccc3)C3N4CCCC[C@@H]4[C@@]23O1. The number of rotatable bonds is 2. The van der Waals surface area contributed by atoms with Crippen LogP contribution >= 0.6 is 0 Å². The van der Waals surface area contributed by atoms with Crippen LogP contribution in [0, 0.1) is 0 Å². The first-order chi connectivity index (χ1) is 11.5. The van der Waals surface area contributed by atoms with Crippen LogP contribution in [-0.4, -0.2) is 48.8 Å². The fourth-order valence-electron chi connectivity index (χ4n) is 5.26. The number of ether oxygens (including phenoxy) is 1. The molecule has 0 amide bonds. The fraction of sp³-hybridized carbons (Fsp3) is 0.500. The van der Waals surface area contributed by atoms with Crippen molar-refractivity contribution in [2.75, 3.05) is 6.54 Å². The maximum absolute atomic E-state index is 13.2. The van der Waals surface area contributed by atoms with Crippen LogP contribution in [-0.2, 0) is 19.4 Å². The minimum Gasteiger partial charge on any atom is -0.448 e. The van der Waals surface area contributed by atoms with Gasteiger partial charge in [-0.15, -0.1) is 0 Å². The number of piperidine rings is 1. The Balaban J connectivity index is 1.60. The summed E-state index contributed by atoms with van der Waals surface area (Å²) >= 11 is 0. The molecule has 3 aliphatic heterocycles. The van der Waals surface area contributed by atoms with E-state index in [1.54, 1.807) is 30.3 Å². The number of benzene rings is 1. The highest BCUT2D eigenvalue weighted by Gasteiger charge is 2.74. The number of nitrogens with zero attached hydrogens (tertiary/aromatic N) is 1. The van der Waals surface area contributed by atoms with Crippen molar-refractivity contribution < 1.29 is 17.9 Å². The van der Waals surface area contributed by atoms with Crippen molar-refractivity contribution >= 4 is 15.8 Å². The maximum Gasteiger partial charge on any atom is 0.331 e. The highest BCUT2D eigenvalue weighted by Crippen LogP contribution is 2.60. The van der Waals surface area contributed by atoms with E-state index < -0.39 is 20.7 Å². The van der Waals surface area contributed by atoms with Crippen LogP contribution in [0.5, 0.6) is 0 Å². The van der Waals surface area contributed by atoms with Gasteiger partial charge in [0.15, 0.2) is 15.4 Å². The van der Waals surface area contributed by atoms with Gasteiger partial charge in [-0.2, -0.15) is 0 Å². The second-order valence-electron chi connectivity index (χ2n) is 7.18. The molecular formula is C18H19NO4S. The van der Waals surface area contributed by atoms with Crippen molar-refractivity contribution in [1.82, 2.24) is 4.90 Å². The Morgan fingerprint density at radius 3 is 2.75 bits per heavy atom. The lowest BCUT2D eigenvalue weighted by Gasteiger charge is -2.61. The van der Waals surface area contributed by atoms with Crippen LogP contribution in [0.2, 0.25) is 0 Å². The van der Waals surface area contributed by atoms with E-state index in [1.807, 2.05) is 6.07 Å². The lowest BCUT2D eigenvalue weighted by Crippen LogP contribution is -2.78. The van der Waals surface area contributed by atoms with E-state index in [0.29, 0.717) is 11.3 Å². The van der Waals surface area contributed by atoms with Gasteiger partial charge >= 0.3 is 5.97 Å². The average Bonchev–Trinajstić information content (AvgIpc) is 3.05. The summed E-state index contributed by atoms with van der Waals surface area (Å²) in [6.07, 6.45) is 5.10. The number of carbonyl (C=O) groups is 1. The van der Waals surface area contributed by atoms with Gasteiger partial charge in [0.25, 0.3) is 0 Å². The number of hydrogen-bond donors (Lipinski definition) is 0. The number of carbonyl (C=O) groups excluding carboxylic acids is 1. The van der Waals surface area contributed by atoms with E-state index in [-0.39, 0.29) is 18.1 Å². The maximum atomic E-state index is 13.2. The predicted molar refractivity (Wildman–Crippen MR) is 87.1 cm³/mol. The van der Waals surface area contributed by atoms with Crippen LogP contribution in [0.1, 0.15) is 25.7 Å². The molecule has 2 unspecified atom stereocenters. The summed E-state index contributed by atoms with van der Waals surface area (Å²) in [6.45, 7) is 0.892. The van der Waals surface area contributed by atoms with Crippen molar-refractivity contribution in [2.45, 2.75) is 53.5 Å². The normalized spacial score (nSPS) is 37.8. The van der Waals surface area contributed by atoms with Gasteiger partial charge in [0.05, 0.1) is 22.2 Å². The fourth-order valence-corrected chi connectivity index (χ4v) is 7.24. The van der Waals surface area contributed by atoms with Gasteiger partial charge in [-0.1, -0.05) is 24.6 Å². The molecule has 1 spiro atoms. The average molecular weight is 345 g/mol. The zero-order valence-electron chi connectivity index (χ0n) is 13.2. The molecule has 4 aliphatic rings. The van der Waals surface area contributed by atoms with Crippen LogP contribution in [0.4, 0.5) is 0 Å². The number of fused-ring (bicyclic) bond motifs is 2. The summed E-state index contributed by atoms with van der Waals surface area (Å²) in [5.74, 6) is -0.309. The molecule has 4 atom stereocenters. The van der Waals surface area contributed by atoms with Crippen molar-refractivity contribution in [3.05, 3.63) is 42.0 Å². The summed E-state index contributed by atoms with van der Waals surface area (Å²) < 4.78 is 32.2. The topological polar surface area (TPSA) is 63.7 Å². The third-order valence-electron chi connectivity index (χ3n) is 6.14. The van der Waals surface area contributed by atoms with E-state index in [1.165, 1.54) is 0 Å². The number of hydrogen-bond acceptors (Lipinski definition) is 5. The molecule has 6 heteroatoms. The largest absolute Gasteiger partial charge is 0.448 e. The smallest absolute Gasteiger partial charge is 0.331 e. The zero-order chi connectivity index (χ0) is 16.5. The Morgan fingerprint density at radius 2 is 1.96 bits per heavy atom. The highest BCUT2D eigenvalue weighted by molar-refractivity contribution is 7.92. The Bertz CT molecular complexity index is 847. The van der Waals surface area contributed by atoms with Crippen LogP contribution in [0.3, 0.4) is 0 Å². The lowest BCUT2D eigenvalue weighted by atomic mass is 9.71. The van der Waals surface area contributed by atoms with Gasteiger partial charge in [0, 0.05) is 6.08 Å². The molecule has 2 saturated heterocycles. The zero-order valence-corrected chi connectivity index (χ0v) is 14.0. The molecule has 3 fully saturated rings. The quantitative estimate of drug-likeness (QED) is 0.763. The summed E-state index contributed by atoms with van der Waals surface area (Å²) in [4.78, 5) is 14.5. The molecule has 5 nitrogen and oxygen atoms in total. The molecule has 126 valence electrons. The molecule has 1 saturated carbocycles. The number of esters is 1. The van der Waals surface area contributed by atoms with Crippen LogP contribution in [0.15, 0.2) is 46.9 Å². The summed E-state index contributed by atoms with van der Waals surface area (Å²) in [7, 11) is -3.46. The minimum atomic E-state index is -3.46. The van der Waals surface area contributed by atoms with Gasteiger partial charge in [0.2, 0.25) is 0 Å². The number of sulfone groups is 1. The monoisotopic (exact) mass is 345 g/mol. The first kappa shape index (κ1) is 14.7. The van der Waals surface area contributed by atoms with Gasteiger partial charge in [-0.3, -0.25) is 4.90 Å². The van der Waals surface area contributed by atoms with Gasteiger partial charge in [-0.05, 0) is 43.5 Å².